The van der Waals surface area contributed by atoms with Crippen molar-refractivity contribution < 1.29 is 14.9 Å². The van der Waals surface area contributed by atoms with E-state index in [4.69, 9.17) is 9.84 Å². The number of aliphatic hydroxyl groups is 2. The molecule has 0 aliphatic carbocycles. The Morgan fingerprint density at radius 2 is 2.21 bits per heavy atom. The minimum Gasteiger partial charge on any atom is -0.394 e. The molecule has 0 aromatic carbocycles. The van der Waals surface area contributed by atoms with Crippen molar-refractivity contribution in [3.63, 3.8) is 0 Å². The van der Waals surface area contributed by atoms with Crippen LogP contribution >= 0.6 is 0 Å². The van der Waals surface area contributed by atoms with E-state index in [-0.39, 0.29) is 12.7 Å². The average Bonchev–Trinajstić information content (AvgIpc) is 2.18. The molecule has 0 bridgehead atoms. The lowest BCUT2D eigenvalue weighted by Crippen LogP contribution is -2.44. The highest BCUT2D eigenvalue weighted by molar-refractivity contribution is 4.76. The molecule has 0 spiro atoms. The van der Waals surface area contributed by atoms with E-state index in [0.29, 0.717) is 19.1 Å². The van der Waals surface area contributed by atoms with Crippen LogP contribution in [0.5, 0.6) is 0 Å². The summed E-state index contributed by atoms with van der Waals surface area (Å²) in [7, 11) is 0. The van der Waals surface area contributed by atoms with Crippen molar-refractivity contribution >= 4 is 0 Å². The van der Waals surface area contributed by atoms with Gasteiger partial charge in [0.2, 0.25) is 0 Å². The van der Waals surface area contributed by atoms with Gasteiger partial charge in [0, 0.05) is 13.1 Å². The molecule has 14 heavy (non-hydrogen) atoms. The molecule has 1 heterocycles. The van der Waals surface area contributed by atoms with E-state index >= 15 is 0 Å². The van der Waals surface area contributed by atoms with Crippen LogP contribution in [0.1, 0.15) is 13.3 Å². The number of likely N-dealkylation sites (tertiary alicyclic amines) is 1. The smallest absolute Gasteiger partial charge is 0.0698 e. The first-order valence-corrected chi connectivity index (χ1v) is 5.33. The Labute approximate surface area is 85.5 Å². The number of rotatable bonds is 5. The van der Waals surface area contributed by atoms with Crippen LogP contribution in [0.15, 0.2) is 0 Å². The molecule has 1 saturated heterocycles. The Hall–Kier alpha value is -0.160. The summed E-state index contributed by atoms with van der Waals surface area (Å²) in [5, 5.41) is 18.1. The number of ether oxygens (including phenoxy) is 1. The van der Waals surface area contributed by atoms with Crippen LogP contribution in [0.4, 0.5) is 0 Å². The van der Waals surface area contributed by atoms with Crippen LogP contribution in [0.3, 0.4) is 0 Å². The maximum absolute atomic E-state index is 9.63. The van der Waals surface area contributed by atoms with Gasteiger partial charge in [-0.1, -0.05) is 6.92 Å². The monoisotopic (exact) mass is 203 g/mol. The van der Waals surface area contributed by atoms with Crippen molar-refractivity contribution in [3.8, 4) is 0 Å². The van der Waals surface area contributed by atoms with Crippen molar-refractivity contribution in [1.29, 1.82) is 0 Å². The Kier molecular flexibility index (Phi) is 5.40. The Morgan fingerprint density at radius 3 is 2.86 bits per heavy atom. The van der Waals surface area contributed by atoms with E-state index in [2.05, 4.69) is 11.8 Å². The van der Waals surface area contributed by atoms with Gasteiger partial charge in [-0.05, 0) is 18.9 Å². The number of aliphatic hydroxyl groups excluding tert-OH is 2. The van der Waals surface area contributed by atoms with E-state index in [1.165, 1.54) is 0 Å². The molecule has 0 saturated carbocycles. The van der Waals surface area contributed by atoms with Crippen LogP contribution in [0.2, 0.25) is 0 Å². The largest absolute Gasteiger partial charge is 0.394 e. The highest BCUT2D eigenvalue weighted by Gasteiger charge is 2.23. The van der Waals surface area contributed by atoms with Gasteiger partial charge in [-0.25, -0.2) is 0 Å². The van der Waals surface area contributed by atoms with Crippen LogP contribution < -0.4 is 0 Å². The summed E-state index contributed by atoms with van der Waals surface area (Å²) in [4.78, 5) is 2.21. The summed E-state index contributed by atoms with van der Waals surface area (Å²) in [6.07, 6.45) is 0.864. The minimum absolute atomic E-state index is 0.0830. The Morgan fingerprint density at radius 1 is 1.43 bits per heavy atom. The third-order valence-electron chi connectivity index (χ3n) is 2.79. The molecule has 4 nitrogen and oxygen atoms in total. The van der Waals surface area contributed by atoms with Gasteiger partial charge in [0.1, 0.15) is 0 Å². The zero-order chi connectivity index (χ0) is 10.4. The summed E-state index contributed by atoms with van der Waals surface area (Å²) < 4.78 is 5.17. The molecule has 2 atom stereocenters. The summed E-state index contributed by atoms with van der Waals surface area (Å²) >= 11 is 0. The fourth-order valence-corrected chi connectivity index (χ4v) is 1.68. The van der Waals surface area contributed by atoms with Crippen LogP contribution in [-0.4, -0.2) is 60.7 Å². The number of β-amino-alcohol motifs (C(OH)–C–C–N with tert-alkyl or cyclic N) is 1. The molecule has 4 heteroatoms. The van der Waals surface area contributed by atoms with Crippen LogP contribution in [0.25, 0.3) is 0 Å². The quantitative estimate of drug-likeness (QED) is 0.602. The fourth-order valence-electron chi connectivity index (χ4n) is 1.68. The standard InChI is InChI=1S/C10H21NO3/c1-9-2-3-11(8-10(9)13)4-6-14-7-5-12/h9-10,12-13H,2-8H2,1H3. The van der Waals surface area contributed by atoms with Crippen LogP contribution in [0, 0.1) is 5.92 Å². The van der Waals surface area contributed by atoms with Crippen molar-refractivity contribution in [2.75, 3.05) is 39.5 Å². The minimum atomic E-state index is -0.193. The molecule has 1 aliphatic rings. The van der Waals surface area contributed by atoms with E-state index in [1.54, 1.807) is 0 Å². The zero-order valence-corrected chi connectivity index (χ0v) is 8.85. The predicted octanol–water partition coefficient (Wildman–Crippen LogP) is -0.302. The Bertz CT molecular complexity index is 154. The number of hydrogen-bond acceptors (Lipinski definition) is 4. The topological polar surface area (TPSA) is 52.9 Å². The first-order valence-electron chi connectivity index (χ1n) is 5.33. The van der Waals surface area contributed by atoms with Crippen LogP contribution in [-0.2, 0) is 4.74 Å². The van der Waals surface area contributed by atoms with Gasteiger partial charge in [0.05, 0.1) is 25.9 Å². The van der Waals surface area contributed by atoms with Gasteiger partial charge in [-0.15, -0.1) is 0 Å². The molecule has 1 rings (SSSR count). The molecule has 1 fully saturated rings. The van der Waals surface area contributed by atoms with Gasteiger partial charge in [0.25, 0.3) is 0 Å². The van der Waals surface area contributed by atoms with E-state index in [9.17, 15) is 5.11 Å². The van der Waals surface area contributed by atoms with Gasteiger partial charge in [-0.2, -0.15) is 0 Å². The molecule has 84 valence electrons. The molecule has 0 radical (unpaired) electrons. The maximum Gasteiger partial charge on any atom is 0.0698 e. The van der Waals surface area contributed by atoms with Gasteiger partial charge in [-0.3, -0.25) is 4.90 Å². The molecule has 2 N–H and O–H groups in total. The molecule has 0 aromatic rings. The normalized spacial score (nSPS) is 29.4. The van der Waals surface area contributed by atoms with Crippen molar-refractivity contribution in [1.82, 2.24) is 4.90 Å². The van der Waals surface area contributed by atoms with Gasteiger partial charge < -0.3 is 14.9 Å². The summed E-state index contributed by atoms with van der Waals surface area (Å²) in [6.45, 7) is 5.87. The first-order chi connectivity index (χ1) is 6.74. The zero-order valence-electron chi connectivity index (χ0n) is 8.85. The second kappa shape index (κ2) is 6.35. The van der Waals surface area contributed by atoms with E-state index in [0.717, 1.165) is 26.1 Å². The number of piperidine rings is 1. The lowest BCUT2D eigenvalue weighted by atomic mass is 9.96. The first kappa shape index (κ1) is 11.9. The second-order valence-corrected chi connectivity index (χ2v) is 3.97. The van der Waals surface area contributed by atoms with Gasteiger partial charge in [0.15, 0.2) is 0 Å². The number of hydrogen-bond donors (Lipinski definition) is 2. The van der Waals surface area contributed by atoms with Crippen molar-refractivity contribution in [2.45, 2.75) is 19.4 Å². The van der Waals surface area contributed by atoms with E-state index < -0.39 is 0 Å². The molecule has 2 unspecified atom stereocenters. The molecule has 0 aromatic heterocycles. The van der Waals surface area contributed by atoms with Crippen molar-refractivity contribution in [2.24, 2.45) is 5.92 Å². The van der Waals surface area contributed by atoms with E-state index in [1.807, 2.05) is 0 Å². The summed E-state index contributed by atoms with van der Waals surface area (Å²) in [6, 6.07) is 0. The number of nitrogens with zero attached hydrogens (tertiary/aromatic N) is 1. The third kappa shape index (κ3) is 3.92. The summed E-state index contributed by atoms with van der Waals surface area (Å²) in [5.74, 6) is 0.421. The lowest BCUT2D eigenvalue weighted by Gasteiger charge is -2.34. The second-order valence-electron chi connectivity index (χ2n) is 3.97. The predicted molar refractivity (Wildman–Crippen MR) is 54.1 cm³/mol. The van der Waals surface area contributed by atoms with Crippen molar-refractivity contribution in [3.05, 3.63) is 0 Å². The average molecular weight is 203 g/mol. The molecule has 1 aliphatic heterocycles. The lowest BCUT2D eigenvalue weighted by molar-refractivity contribution is 0.0106. The SMILES string of the molecule is CC1CCN(CCOCCO)CC1O. The summed E-state index contributed by atoms with van der Waals surface area (Å²) in [5.41, 5.74) is 0. The fraction of sp³-hybridized carbons (Fsp3) is 1.00. The molecular formula is C10H21NO3. The maximum atomic E-state index is 9.63. The Balaban J connectivity index is 2.07. The highest BCUT2D eigenvalue weighted by Crippen LogP contribution is 2.16. The molecule has 0 amide bonds. The van der Waals surface area contributed by atoms with Gasteiger partial charge >= 0.3 is 0 Å². The third-order valence-corrected chi connectivity index (χ3v) is 2.79. The molecular weight excluding hydrogens is 182 g/mol. The highest BCUT2D eigenvalue weighted by atomic mass is 16.5.